The molecule has 2 rings (SSSR count). The van der Waals surface area contributed by atoms with E-state index in [1.165, 1.54) is 5.56 Å². The van der Waals surface area contributed by atoms with Crippen molar-refractivity contribution in [3.63, 3.8) is 0 Å². The SMILES string of the molecule is Cc1c(I)cc(Cl)c2cccnc12. The predicted molar refractivity (Wildman–Crippen MR) is 64.2 cm³/mol. The van der Waals surface area contributed by atoms with Gasteiger partial charge in [0.15, 0.2) is 0 Å². The van der Waals surface area contributed by atoms with Crippen molar-refractivity contribution in [2.75, 3.05) is 0 Å². The Bertz CT molecular complexity index is 468. The highest BCUT2D eigenvalue weighted by atomic mass is 127. The number of benzene rings is 1. The predicted octanol–water partition coefficient (Wildman–Crippen LogP) is 3.80. The van der Waals surface area contributed by atoms with Gasteiger partial charge in [0.05, 0.1) is 10.5 Å². The molecule has 0 spiro atoms. The highest BCUT2D eigenvalue weighted by Crippen LogP contribution is 2.28. The number of aryl methyl sites for hydroxylation is 1. The first-order valence-electron chi connectivity index (χ1n) is 3.89. The van der Waals surface area contributed by atoms with Gasteiger partial charge in [-0.2, -0.15) is 0 Å². The quantitative estimate of drug-likeness (QED) is 0.675. The number of pyridine rings is 1. The number of halogens is 2. The summed E-state index contributed by atoms with van der Waals surface area (Å²) in [5, 5.41) is 1.81. The molecular weight excluding hydrogens is 296 g/mol. The molecule has 0 fully saturated rings. The van der Waals surface area contributed by atoms with Crippen LogP contribution in [0.1, 0.15) is 5.56 Å². The van der Waals surface area contributed by atoms with E-state index in [4.69, 9.17) is 11.6 Å². The van der Waals surface area contributed by atoms with E-state index < -0.39 is 0 Å². The van der Waals surface area contributed by atoms with Gasteiger partial charge in [0.1, 0.15) is 0 Å². The van der Waals surface area contributed by atoms with Crippen LogP contribution in [0.4, 0.5) is 0 Å². The van der Waals surface area contributed by atoms with Crippen LogP contribution in [0.15, 0.2) is 24.4 Å². The van der Waals surface area contributed by atoms with Crippen molar-refractivity contribution >= 4 is 45.1 Å². The molecule has 1 aromatic heterocycles. The van der Waals surface area contributed by atoms with E-state index in [9.17, 15) is 0 Å². The van der Waals surface area contributed by atoms with Crippen LogP contribution in [0.3, 0.4) is 0 Å². The Morgan fingerprint density at radius 3 is 3.00 bits per heavy atom. The summed E-state index contributed by atoms with van der Waals surface area (Å²) in [5.41, 5.74) is 2.19. The summed E-state index contributed by atoms with van der Waals surface area (Å²) >= 11 is 8.36. The molecule has 0 aliphatic heterocycles. The van der Waals surface area contributed by atoms with Crippen LogP contribution in [0, 0.1) is 10.5 Å². The fourth-order valence-electron chi connectivity index (χ4n) is 1.31. The molecule has 66 valence electrons. The van der Waals surface area contributed by atoms with Gasteiger partial charge < -0.3 is 0 Å². The van der Waals surface area contributed by atoms with Crippen molar-refractivity contribution in [2.24, 2.45) is 0 Å². The third-order valence-electron chi connectivity index (χ3n) is 2.03. The smallest absolute Gasteiger partial charge is 0.0756 e. The van der Waals surface area contributed by atoms with E-state index in [0.717, 1.165) is 19.5 Å². The maximum Gasteiger partial charge on any atom is 0.0756 e. The Kier molecular flexibility index (Phi) is 2.43. The Morgan fingerprint density at radius 1 is 1.46 bits per heavy atom. The lowest BCUT2D eigenvalue weighted by Gasteiger charge is -2.04. The summed E-state index contributed by atoms with van der Waals surface area (Å²) in [6, 6.07) is 5.87. The minimum Gasteiger partial charge on any atom is -0.256 e. The van der Waals surface area contributed by atoms with Crippen molar-refractivity contribution in [1.29, 1.82) is 0 Å². The second-order valence-corrected chi connectivity index (χ2v) is 4.43. The average molecular weight is 304 g/mol. The lowest BCUT2D eigenvalue weighted by Crippen LogP contribution is -1.87. The van der Waals surface area contributed by atoms with Gasteiger partial charge in [-0.25, -0.2) is 0 Å². The van der Waals surface area contributed by atoms with Crippen molar-refractivity contribution in [1.82, 2.24) is 4.98 Å². The summed E-state index contributed by atoms with van der Waals surface area (Å²) in [7, 11) is 0. The number of aromatic nitrogens is 1. The van der Waals surface area contributed by atoms with Crippen LogP contribution in [0.5, 0.6) is 0 Å². The van der Waals surface area contributed by atoms with Gasteiger partial charge in [-0.1, -0.05) is 11.6 Å². The molecule has 0 aliphatic rings. The van der Waals surface area contributed by atoms with Crippen molar-refractivity contribution in [3.05, 3.63) is 38.6 Å². The van der Waals surface area contributed by atoms with E-state index in [0.29, 0.717) is 0 Å². The molecule has 13 heavy (non-hydrogen) atoms. The van der Waals surface area contributed by atoms with Crippen LogP contribution in [0.25, 0.3) is 10.9 Å². The van der Waals surface area contributed by atoms with E-state index >= 15 is 0 Å². The summed E-state index contributed by atoms with van der Waals surface area (Å²) in [6.45, 7) is 2.06. The van der Waals surface area contributed by atoms with Gasteiger partial charge in [0, 0.05) is 15.2 Å². The van der Waals surface area contributed by atoms with Gasteiger partial charge >= 0.3 is 0 Å². The molecule has 3 heteroatoms. The summed E-state index contributed by atoms with van der Waals surface area (Å²) in [6.07, 6.45) is 1.79. The maximum atomic E-state index is 6.09. The molecule has 0 amide bonds. The Hall–Kier alpha value is -0.350. The highest BCUT2D eigenvalue weighted by Gasteiger charge is 2.05. The largest absolute Gasteiger partial charge is 0.256 e. The van der Waals surface area contributed by atoms with Crippen molar-refractivity contribution in [3.8, 4) is 0 Å². The van der Waals surface area contributed by atoms with E-state index in [1.807, 2.05) is 18.2 Å². The lowest BCUT2D eigenvalue weighted by atomic mass is 10.1. The van der Waals surface area contributed by atoms with Gasteiger partial charge in [0.25, 0.3) is 0 Å². The monoisotopic (exact) mass is 303 g/mol. The molecule has 1 heterocycles. The second kappa shape index (κ2) is 3.42. The Morgan fingerprint density at radius 2 is 2.23 bits per heavy atom. The standard InChI is InChI=1S/C10H7ClIN/c1-6-9(12)5-8(11)7-3-2-4-13-10(6)7/h2-5H,1H3. The molecule has 0 radical (unpaired) electrons. The first-order valence-corrected chi connectivity index (χ1v) is 5.35. The molecule has 0 N–H and O–H groups in total. The third-order valence-corrected chi connectivity index (χ3v) is 3.47. The van der Waals surface area contributed by atoms with Crippen molar-refractivity contribution in [2.45, 2.75) is 6.92 Å². The van der Waals surface area contributed by atoms with Crippen LogP contribution in [-0.4, -0.2) is 4.98 Å². The van der Waals surface area contributed by atoms with Crippen LogP contribution >= 0.6 is 34.2 Å². The zero-order valence-electron chi connectivity index (χ0n) is 7.01. The van der Waals surface area contributed by atoms with E-state index in [2.05, 4.69) is 34.5 Å². The minimum absolute atomic E-state index is 0.776. The fourth-order valence-corrected chi connectivity index (χ4v) is 2.32. The van der Waals surface area contributed by atoms with Crippen molar-refractivity contribution < 1.29 is 0 Å². The molecule has 0 atom stereocenters. The van der Waals surface area contributed by atoms with Gasteiger partial charge in [-0.3, -0.25) is 4.98 Å². The number of rotatable bonds is 0. The highest BCUT2D eigenvalue weighted by molar-refractivity contribution is 14.1. The molecular formula is C10H7ClIN. The minimum atomic E-state index is 0.776. The van der Waals surface area contributed by atoms with Crippen LogP contribution < -0.4 is 0 Å². The number of hydrogen-bond acceptors (Lipinski definition) is 1. The Labute approximate surface area is 95.3 Å². The van der Waals surface area contributed by atoms with Gasteiger partial charge in [-0.05, 0) is 53.3 Å². The first kappa shape index (κ1) is 9.21. The Balaban J connectivity index is 2.97. The molecule has 2 aromatic rings. The maximum absolute atomic E-state index is 6.09. The molecule has 0 saturated carbocycles. The van der Waals surface area contributed by atoms with Gasteiger partial charge in [0.2, 0.25) is 0 Å². The third kappa shape index (κ3) is 1.53. The summed E-state index contributed by atoms with van der Waals surface area (Å²) < 4.78 is 1.16. The first-order chi connectivity index (χ1) is 6.20. The number of nitrogens with zero attached hydrogens (tertiary/aromatic N) is 1. The summed E-state index contributed by atoms with van der Waals surface area (Å²) in [5.74, 6) is 0. The number of hydrogen-bond donors (Lipinski definition) is 0. The van der Waals surface area contributed by atoms with Crippen LogP contribution in [-0.2, 0) is 0 Å². The molecule has 1 aromatic carbocycles. The normalized spacial score (nSPS) is 10.7. The molecule has 0 saturated heterocycles. The van der Waals surface area contributed by atoms with Gasteiger partial charge in [-0.15, -0.1) is 0 Å². The zero-order valence-corrected chi connectivity index (χ0v) is 9.93. The fraction of sp³-hybridized carbons (Fsp3) is 0.100. The topological polar surface area (TPSA) is 12.9 Å². The zero-order chi connectivity index (χ0) is 9.42. The molecule has 0 bridgehead atoms. The lowest BCUT2D eigenvalue weighted by molar-refractivity contribution is 1.35. The van der Waals surface area contributed by atoms with E-state index in [-0.39, 0.29) is 0 Å². The van der Waals surface area contributed by atoms with E-state index in [1.54, 1.807) is 6.20 Å². The number of fused-ring (bicyclic) bond motifs is 1. The average Bonchev–Trinajstić information content (AvgIpc) is 2.15. The second-order valence-electron chi connectivity index (χ2n) is 2.86. The molecule has 0 aliphatic carbocycles. The van der Waals surface area contributed by atoms with Crippen LogP contribution in [0.2, 0.25) is 5.02 Å². The molecule has 0 unspecified atom stereocenters. The summed E-state index contributed by atoms with van der Waals surface area (Å²) in [4.78, 5) is 4.31. The molecule has 1 nitrogen and oxygen atoms in total.